The monoisotopic (exact) mass is 400 g/mol. The first-order chi connectivity index (χ1) is 14.3. The highest BCUT2D eigenvalue weighted by Crippen LogP contribution is 2.34. The number of rotatable bonds is 6. The van der Waals surface area contributed by atoms with Gasteiger partial charge in [0.25, 0.3) is 0 Å². The molecule has 29 heavy (non-hydrogen) atoms. The highest BCUT2D eigenvalue weighted by molar-refractivity contribution is 5.36. The number of nitrogens with zero attached hydrogens (tertiary/aromatic N) is 2. The maximum absolute atomic E-state index is 5.46. The van der Waals surface area contributed by atoms with Crippen molar-refractivity contribution in [3.05, 3.63) is 72.9 Å². The van der Waals surface area contributed by atoms with Crippen molar-refractivity contribution in [2.75, 3.05) is 39.4 Å². The number of allylic oxidation sites excluding steroid dienone is 2. The van der Waals surface area contributed by atoms with Crippen LogP contribution in [-0.4, -0.2) is 55.2 Å². The lowest BCUT2D eigenvalue weighted by atomic mass is 9.92. The fraction of sp³-hybridized carbons (Fsp3) is 0.538. The minimum atomic E-state index is 0.268. The van der Waals surface area contributed by atoms with E-state index >= 15 is 0 Å². The number of hydrogen-bond acceptors (Lipinski definition) is 3. The maximum Gasteiger partial charge on any atom is 0.0602 e. The molecule has 2 aliphatic rings. The summed E-state index contributed by atoms with van der Waals surface area (Å²) in [5, 5.41) is 0. The molecule has 0 aliphatic carbocycles. The van der Waals surface area contributed by atoms with E-state index in [4.69, 9.17) is 4.74 Å². The summed E-state index contributed by atoms with van der Waals surface area (Å²) in [5.74, 6) is 0. The van der Waals surface area contributed by atoms with Crippen LogP contribution < -0.4 is 0 Å². The van der Waals surface area contributed by atoms with Crippen LogP contribution in [0.4, 0.5) is 0 Å². The van der Waals surface area contributed by atoms with Crippen molar-refractivity contribution in [1.82, 2.24) is 9.80 Å². The Morgan fingerprint density at radius 3 is 2.00 bits per heavy atom. The van der Waals surface area contributed by atoms with Crippen LogP contribution in [0.1, 0.15) is 53.1 Å². The molecule has 3 rings (SSSR count). The molecule has 0 N–H and O–H groups in total. The van der Waals surface area contributed by atoms with Gasteiger partial charge in [-0.05, 0) is 11.1 Å². The molecule has 0 radical (unpaired) electrons. The normalized spacial score (nSPS) is 18.3. The Morgan fingerprint density at radius 2 is 1.52 bits per heavy atom. The van der Waals surface area contributed by atoms with E-state index in [9.17, 15) is 0 Å². The van der Waals surface area contributed by atoms with Crippen molar-refractivity contribution in [2.45, 2.75) is 53.6 Å². The maximum atomic E-state index is 5.46. The van der Waals surface area contributed by atoms with Gasteiger partial charge in [-0.2, -0.15) is 0 Å². The zero-order valence-electron chi connectivity index (χ0n) is 19.7. The molecule has 0 saturated carbocycles. The topological polar surface area (TPSA) is 15.7 Å². The second-order valence-corrected chi connectivity index (χ2v) is 6.18. The number of benzene rings is 1. The van der Waals surface area contributed by atoms with Gasteiger partial charge in [-0.15, -0.1) is 0 Å². The Kier molecular flexibility index (Phi) is 16.2. The van der Waals surface area contributed by atoms with Gasteiger partial charge in [-0.1, -0.05) is 103 Å². The number of morpholine rings is 1. The Balaban J connectivity index is 0.00000120. The Morgan fingerprint density at radius 1 is 0.966 bits per heavy atom. The molecule has 1 aromatic rings. The average molecular weight is 401 g/mol. The predicted octanol–water partition coefficient (Wildman–Crippen LogP) is 6.12. The lowest BCUT2D eigenvalue weighted by Gasteiger charge is -2.50. The van der Waals surface area contributed by atoms with Crippen LogP contribution in [0.3, 0.4) is 0 Å². The van der Waals surface area contributed by atoms with E-state index in [1.165, 1.54) is 11.1 Å². The molecule has 0 aromatic heterocycles. The highest BCUT2D eigenvalue weighted by Gasteiger charge is 2.37. The lowest BCUT2D eigenvalue weighted by Crippen LogP contribution is -2.62. The van der Waals surface area contributed by atoms with Crippen LogP contribution in [0.5, 0.6) is 0 Å². The lowest BCUT2D eigenvalue weighted by molar-refractivity contribution is -0.0409. The first-order valence-corrected chi connectivity index (χ1v) is 11.4. The van der Waals surface area contributed by atoms with E-state index in [0.717, 1.165) is 39.4 Å². The molecule has 0 spiro atoms. The second-order valence-electron chi connectivity index (χ2n) is 6.18. The number of likely N-dealkylation sites (tertiary alicyclic amines) is 1. The van der Waals surface area contributed by atoms with Crippen molar-refractivity contribution in [3.63, 3.8) is 0 Å². The van der Waals surface area contributed by atoms with Gasteiger partial charge in [0.15, 0.2) is 0 Å². The van der Waals surface area contributed by atoms with Crippen LogP contribution in [0.2, 0.25) is 0 Å². The molecule has 3 nitrogen and oxygen atoms in total. The van der Waals surface area contributed by atoms with Crippen LogP contribution in [0.25, 0.3) is 0 Å². The third kappa shape index (κ3) is 8.30. The smallest absolute Gasteiger partial charge is 0.0602 e. The van der Waals surface area contributed by atoms with Gasteiger partial charge in [0, 0.05) is 32.2 Å². The van der Waals surface area contributed by atoms with Crippen LogP contribution in [0.15, 0.2) is 67.3 Å². The fourth-order valence-electron chi connectivity index (χ4n) is 3.53. The molecule has 0 bridgehead atoms. The summed E-state index contributed by atoms with van der Waals surface area (Å²) < 4.78 is 5.46. The first kappa shape index (κ1) is 27.3. The van der Waals surface area contributed by atoms with Gasteiger partial charge in [-0.25, -0.2) is 0 Å². The molecule has 1 aromatic carbocycles. The summed E-state index contributed by atoms with van der Waals surface area (Å²) >= 11 is 0. The largest absolute Gasteiger partial charge is 0.379 e. The molecule has 164 valence electrons. The molecule has 2 fully saturated rings. The van der Waals surface area contributed by atoms with Crippen LogP contribution in [0, 0.1) is 0 Å². The Bertz CT molecular complexity index is 555. The molecule has 3 heteroatoms. The van der Waals surface area contributed by atoms with Crippen molar-refractivity contribution in [2.24, 2.45) is 0 Å². The van der Waals surface area contributed by atoms with E-state index in [0.29, 0.717) is 6.04 Å². The van der Waals surface area contributed by atoms with E-state index < -0.39 is 0 Å². The Labute approximate surface area is 180 Å². The quantitative estimate of drug-likeness (QED) is 0.535. The minimum absolute atomic E-state index is 0.268. The summed E-state index contributed by atoms with van der Waals surface area (Å²) in [6, 6.07) is 11.6. The van der Waals surface area contributed by atoms with Crippen LogP contribution in [-0.2, 0) is 4.74 Å². The summed E-state index contributed by atoms with van der Waals surface area (Å²) in [7, 11) is 0. The molecule has 1 unspecified atom stereocenters. The molecule has 2 aliphatic heterocycles. The van der Waals surface area contributed by atoms with Crippen molar-refractivity contribution in [1.29, 1.82) is 0 Å². The van der Waals surface area contributed by atoms with Gasteiger partial charge in [0.1, 0.15) is 0 Å². The standard InChI is InChI=1S/C20H26N2O.3C2H6/c1-3-8-17(4-2)20(18-9-6-5-7-10-18)22-15-19(16-22)21-11-13-23-14-12-21;3*1-2/h3-10,19-20H,1-2,11-16H2;3*1-2H3/b17-8+;;;. The van der Waals surface area contributed by atoms with E-state index in [1.54, 1.807) is 0 Å². The molecule has 0 amide bonds. The predicted molar refractivity (Wildman–Crippen MR) is 129 cm³/mol. The van der Waals surface area contributed by atoms with Crippen molar-refractivity contribution in [3.8, 4) is 0 Å². The van der Waals surface area contributed by atoms with Crippen molar-refractivity contribution >= 4 is 0 Å². The molecular formula is C26H44N2O. The third-order valence-corrected chi connectivity index (χ3v) is 4.79. The molecule has 1 atom stereocenters. The SMILES string of the molecule is C=C/C=C(\C=C)C(c1ccccc1)N1CC(N2CCOCC2)C1.CC.CC.CC. The first-order valence-electron chi connectivity index (χ1n) is 11.4. The second kappa shape index (κ2) is 17.2. The molecule has 2 heterocycles. The van der Waals surface area contributed by atoms with Gasteiger partial charge in [0.05, 0.1) is 19.3 Å². The summed E-state index contributed by atoms with van der Waals surface area (Å²) in [5.41, 5.74) is 2.53. The highest BCUT2D eigenvalue weighted by atomic mass is 16.5. The van der Waals surface area contributed by atoms with Gasteiger partial charge < -0.3 is 4.74 Å². The minimum Gasteiger partial charge on any atom is -0.379 e. The van der Waals surface area contributed by atoms with Crippen LogP contribution >= 0.6 is 0 Å². The zero-order valence-corrected chi connectivity index (χ0v) is 19.7. The molecular weight excluding hydrogens is 356 g/mol. The fourth-order valence-corrected chi connectivity index (χ4v) is 3.53. The summed E-state index contributed by atoms with van der Waals surface area (Å²) in [6.45, 7) is 25.9. The van der Waals surface area contributed by atoms with Gasteiger partial charge >= 0.3 is 0 Å². The number of hydrogen-bond donors (Lipinski definition) is 0. The summed E-state index contributed by atoms with van der Waals surface area (Å²) in [4.78, 5) is 5.10. The van der Waals surface area contributed by atoms with E-state index in [2.05, 4.69) is 59.4 Å². The summed E-state index contributed by atoms with van der Waals surface area (Å²) in [6.07, 6.45) is 5.89. The van der Waals surface area contributed by atoms with Gasteiger partial charge in [0.2, 0.25) is 0 Å². The van der Waals surface area contributed by atoms with E-state index in [-0.39, 0.29) is 6.04 Å². The molecule has 2 saturated heterocycles. The van der Waals surface area contributed by atoms with E-state index in [1.807, 2.05) is 53.7 Å². The third-order valence-electron chi connectivity index (χ3n) is 4.79. The van der Waals surface area contributed by atoms with Gasteiger partial charge in [-0.3, -0.25) is 9.80 Å². The number of ether oxygens (including phenoxy) is 1. The van der Waals surface area contributed by atoms with Crippen molar-refractivity contribution < 1.29 is 4.74 Å². The average Bonchev–Trinajstić information content (AvgIpc) is 2.80. The Hall–Kier alpha value is -1.68. The zero-order chi connectivity index (χ0) is 22.1.